The van der Waals surface area contributed by atoms with Crippen LogP contribution in [0, 0.1) is 6.92 Å². The topological polar surface area (TPSA) is 3.24 Å². The van der Waals surface area contributed by atoms with E-state index >= 15 is 0 Å². The lowest BCUT2D eigenvalue weighted by molar-refractivity contribution is 0.232. The maximum atomic E-state index is 4.07. The van der Waals surface area contributed by atoms with Gasteiger partial charge in [-0.05, 0) is 39.8 Å². The highest BCUT2D eigenvalue weighted by molar-refractivity contribution is 4.68. The highest BCUT2D eigenvalue weighted by Gasteiger charge is 2.06. The van der Waals surface area contributed by atoms with Crippen LogP contribution in [0.1, 0.15) is 46.5 Å². The summed E-state index contributed by atoms with van der Waals surface area (Å²) < 4.78 is 0. The van der Waals surface area contributed by atoms with Crippen molar-refractivity contribution < 1.29 is 0 Å². The molecule has 73 valence electrons. The molecule has 0 aliphatic rings. The van der Waals surface area contributed by atoms with Crippen molar-refractivity contribution >= 4 is 0 Å². The lowest BCUT2D eigenvalue weighted by Crippen LogP contribution is -2.32. The third-order valence-electron chi connectivity index (χ3n) is 2.22. The van der Waals surface area contributed by atoms with Gasteiger partial charge in [0.25, 0.3) is 0 Å². The van der Waals surface area contributed by atoms with E-state index in [1.165, 1.54) is 38.8 Å². The second-order valence-corrected chi connectivity index (χ2v) is 3.59. The molecule has 0 saturated carbocycles. The molecular formula is C11H24N. The molecule has 0 aliphatic heterocycles. The number of hydrogen-bond donors (Lipinski definition) is 0. The Morgan fingerprint density at radius 2 is 1.50 bits per heavy atom. The van der Waals surface area contributed by atoms with Crippen LogP contribution in [0.15, 0.2) is 0 Å². The van der Waals surface area contributed by atoms with Crippen molar-refractivity contribution in [2.75, 3.05) is 13.1 Å². The molecule has 0 bridgehead atoms. The van der Waals surface area contributed by atoms with Crippen molar-refractivity contribution in [1.82, 2.24) is 4.90 Å². The predicted molar refractivity (Wildman–Crippen MR) is 56.2 cm³/mol. The average molecular weight is 170 g/mol. The summed E-state index contributed by atoms with van der Waals surface area (Å²) in [6.45, 7) is 13.2. The summed E-state index contributed by atoms with van der Waals surface area (Å²) in [5, 5.41) is 0. The lowest BCUT2D eigenvalue weighted by atomic mass is 10.2. The molecule has 0 aliphatic carbocycles. The van der Waals surface area contributed by atoms with Gasteiger partial charge < -0.3 is 4.90 Å². The van der Waals surface area contributed by atoms with Gasteiger partial charge in [0.05, 0.1) is 0 Å². The summed E-state index contributed by atoms with van der Waals surface area (Å²) in [7, 11) is 0. The molecule has 0 aromatic rings. The van der Waals surface area contributed by atoms with Crippen LogP contribution in [0.2, 0.25) is 0 Å². The highest BCUT2D eigenvalue weighted by Crippen LogP contribution is 2.03. The molecule has 1 nitrogen and oxygen atoms in total. The first-order chi connectivity index (χ1) is 5.72. The maximum absolute atomic E-state index is 4.07. The van der Waals surface area contributed by atoms with Crippen molar-refractivity contribution in [2.24, 2.45) is 0 Å². The van der Waals surface area contributed by atoms with Crippen LogP contribution in [-0.2, 0) is 0 Å². The molecule has 0 saturated heterocycles. The van der Waals surface area contributed by atoms with E-state index in [4.69, 9.17) is 0 Å². The lowest BCUT2D eigenvalue weighted by Gasteiger charge is -2.25. The van der Waals surface area contributed by atoms with Gasteiger partial charge in [-0.25, -0.2) is 0 Å². The van der Waals surface area contributed by atoms with Gasteiger partial charge in [-0.3, -0.25) is 0 Å². The molecule has 0 heterocycles. The summed E-state index contributed by atoms with van der Waals surface area (Å²) in [6, 6.07) is 0.475. The summed E-state index contributed by atoms with van der Waals surface area (Å²) in [4.78, 5) is 2.48. The average Bonchev–Trinajstić information content (AvgIpc) is 2.04. The normalized spacial score (nSPS) is 11.5. The molecule has 0 aromatic heterocycles. The summed E-state index contributed by atoms with van der Waals surface area (Å²) in [5.74, 6) is 0. The van der Waals surface area contributed by atoms with Crippen LogP contribution < -0.4 is 0 Å². The monoisotopic (exact) mass is 170 g/mol. The van der Waals surface area contributed by atoms with E-state index in [-0.39, 0.29) is 0 Å². The van der Waals surface area contributed by atoms with Crippen LogP contribution in [-0.4, -0.2) is 24.0 Å². The van der Waals surface area contributed by atoms with E-state index < -0.39 is 0 Å². The quantitative estimate of drug-likeness (QED) is 0.567. The Morgan fingerprint density at radius 1 is 1.08 bits per heavy atom. The van der Waals surface area contributed by atoms with Crippen molar-refractivity contribution in [1.29, 1.82) is 0 Å². The largest absolute Gasteiger partial charge is 0.301 e. The molecule has 1 heteroatoms. The third-order valence-corrected chi connectivity index (χ3v) is 2.22. The predicted octanol–water partition coefficient (Wildman–Crippen LogP) is 3.11. The Bertz CT molecular complexity index is 81.0. The second kappa shape index (κ2) is 7.60. The summed E-state index contributed by atoms with van der Waals surface area (Å²) in [6.07, 6.45) is 5.19. The molecule has 0 aromatic carbocycles. The molecule has 0 spiro atoms. The first kappa shape index (κ1) is 12.0. The second-order valence-electron chi connectivity index (χ2n) is 3.59. The molecular weight excluding hydrogens is 146 g/mol. The SMILES string of the molecule is [CH2]C(C)N(CCCC)CCCC. The van der Waals surface area contributed by atoms with Crippen molar-refractivity contribution in [3.63, 3.8) is 0 Å². The number of unbranched alkanes of at least 4 members (excludes halogenated alkanes) is 2. The van der Waals surface area contributed by atoms with Crippen molar-refractivity contribution in [2.45, 2.75) is 52.5 Å². The minimum atomic E-state index is 0.475. The number of nitrogens with zero attached hydrogens (tertiary/aromatic N) is 1. The van der Waals surface area contributed by atoms with Crippen molar-refractivity contribution in [3.05, 3.63) is 6.92 Å². The standard InChI is InChI=1S/C11H24N/c1-5-7-9-12(11(3)4)10-8-6-2/h11H,3,5-10H2,1-2,4H3. The molecule has 1 atom stereocenters. The Kier molecular flexibility index (Phi) is 7.58. The summed E-state index contributed by atoms with van der Waals surface area (Å²) >= 11 is 0. The smallest absolute Gasteiger partial charge is 0.00675 e. The minimum Gasteiger partial charge on any atom is -0.301 e. The fourth-order valence-electron chi connectivity index (χ4n) is 1.27. The van der Waals surface area contributed by atoms with E-state index in [2.05, 4.69) is 32.6 Å². The maximum Gasteiger partial charge on any atom is 0.00675 e. The van der Waals surface area contributed by atoms with Gasteiger partial charge in [0, 0.05) is 6.04 Å². The molecule has 0 fully saturated rings. The minimum absolute atomic E-state index is 0.475. The van der Waals surface area contributed by atoms with Crippen LogP contribution in [0.5, 0.6) is 0 Å². The Morgan fingerprint density at radius 3 is 1.75 bits per heavy atom. The first-order valence-corrected chi connectivity index (χ1v) is 5.29. The van der Waals surface area contributed by atoms with Gasteiger partial charge in [-0.2, -0.15) is 0 Å². The van der Waals surface area contributed by atoms with Gasteiger partial charge in [0.1, 0.15) is 0 Å². The van der Waals surface area contributed by atoms with E-state index in [0.29, 0.717) is 6.04 Å². The zero-order chi connectivity index (χ0) is 9.40. The fraction of sp³-hybridized carbons (Fsp3) is 0.909. The Balaban J connectivity index is 3.55. The number of hydrogen-bond acceptors (Lipinski definition) is 1. The third kappa shape index (κ3) is 5.59. The first-order valence-electron chi connectivity index (χ1n) is 5.29. The van der Waals surface area contributed by atoms with Crippen molar-refractivity contribution in [3.8, 4) is 0 Å². The molecule has 0 rings (SSSR count). The Hall–Kier alpha value is -0.0400. The van der Waals surface area contributed by atoms with Gasteiger partial charge in [0.15, 0.2) is 0 Å². The fourth-order valence-corrected chi connectivity index (χ4v) is 1.27. The van der Waals surface area contributed by atoms with Gasteiger partial charge >= 0.3 is 0 Å². The Labute approximate surface area is 78.1 Å². The van der Waals surface area contributed by atoms with E-state index in [1.54, 1.807) is 0 Å². The van der Waals surface area contributed by atoms with Gasteiger partial charge in [-0.15, -0.1) is 0 Å². The molecule has 0 N–H and O–H groups in total. The number of rotatable bonds is 7. The van der Waals surface area contributed by atoms with Crippen LogP contribution in [0.3, 0.4) is 0 Å². The molecule has 1 unspecified atom stereocenters. The van der Waals surface area contributed by atoms with E-state index in [9.17, 15) is 0 Å². The van der Waals surface area contributed by atoms with Gasteiger partial charge in [-0.1, -0.05) is 26.7 Å². The summed E-state index contributed by atoms with van der Waals surface area (Å²) in [5.41, 5.74) is 0. The molecule has 12 heavy (non-hydrogen) atoms. The van der Waals surface area contributed by atoms with Crippen LogP contribution >= 0.6 is 0 Å². The van der Waals surface area contributed by atoms with E-state index in [1.807, 2.05) is 0 Å². The zero-order valence-corrected chi connectivity index (χ0v) is 8.97. The van der Waals surface area contributed by atoms with Gasteiger partial charge in [0.2, 0.25) is 0 Å². The van der Waals surface area contributed by atoms with E-state index in [0.717, 1.165) is 0 Å². The van der Waals surface area contributed by atoms with Crippen LogP contribution in [0.4, 0.5) is 0 Å². The molecule has 0 amide bonds. The van der Waals surface area contributed by atoms with Crippen LogP contribution in [0.25, 0.3) is 0 Å². The zero-order valence-electron chi connectivity index (χ0n) is 8.97. The molecule has 1 radical (unpaired) electrons. The highest BCUT2D eigenvalue weighted by atomic mass is 15.1.